The first-order valence-electron chi connectivity index (χ1n) is 4.95. The van der Waals surface area contributed by atoms with Gasteiger partial charge in [0.25, 0.3) is 5.69 Å². The molecular weight excluding hydrogens is 290 g/mol. The average Bonchev–Trinajstić information content (AvgIpc) is 2.35. The molecule has 0 atom stereocenters. The molecule has 0 aliphatic heterocycles. The van der Waals surface area contributed by atoms with Crippen molar-refractivity contribution in [3.63, 3.8) is 0 Å². The van der Waals surface area contributed by atoms with Crippen LogP contribution in [0, 0.1) is 10.1 Å². The van der Waals surface area contributed by atoms with E-state index in [2.05, 4.69) is 4.74 Å². The standard InChI is InChI=1S/C10H7F4NO5/c11-9(12)10(13,14)4-20-5-1-2-7(15(18)19)6(3-5)8(16)17/h1-3,9H,4H2,(H,16,17). The quantitative estimate of drug-likeness (QED) is 0.495. The number of hydrogen-bond donors (Lipinski definition) is 1. The van der Waals surface area contributed by atoms with Crippen LogP contribution in [0.2, 0.25) is 0 Å². The molecule has 0 radical (unpaired) electrons. The van der Waals surface area contributed by atoms with E-state index in [0.717, 1.165) is 12.1 Å². The van der Waals surface area contributed by atoms with Gasteiger partial charge in [-0.1, -0.05) is 0 Å². The molecule has 0 unspecified atom stereocenters. The second-order valence-corrected chi connectivity index (χ2v) is 3.59. The van der Waals surface area contributed by atoms with Crippen LogP contribution in [0.4, 0.5) is 23.2 Å². The molecule has 0 spiro atoms. The lowest BCUT2D eigenvalue weighted by Crippen LogP contribution is -2.33. The molecule has 1 aromatic rings. The van der Waals surface area contributed by atoms with Crippen LogP contribution in [-0.2, 0) is 0 Å². The van der Waals surface area contributed by atoms with Crippen LogP contribution < -0.4 is 4.74 Å². The van der Waals surface area contributed by atoms with E-state index in [1.165, 1.54) is 0 Å². The lowest BCUT2D eigenvalue weighted by Gasteiger charge is -2.16. The van der Waals surface area contributed by atoms with Gasteiger partial charge in [-0.3, -0.25) is 10.1 Å². The summed E-state index contributed by atoms with van der Waals surface area (Å²) in [5.41, 5.74) is -1.57. The molecule has 0 aliphatic carbocycles. The van der Waals surface area contributed by atoms with E-state index in [4.69, 9.17) is 5.11 Å². The number of benzene rings is 1. The highest BCUT2D eigenvalue weighted by Gasteiger charge is 2.41. The normalized spacial score (nSPS) is 11.4. The van der Waals surface area contributed by atoms with Gasteiger partial charge in [0.2, 0.25) is 0 Å². The summed E-state index contributed by atoms with van der Waals surface area (Å²) in [5.74, 6) is -6.58. The number of ether oxygens (including phenoxy) is 1. The summed E-state index contributed by atoms with van der Waals surface area (Å²) in [7, 11) is 0. The molecule has 0 saturated carbocycles. The summed E-state index contributed by atoms with van der Waals surface area (Å²) in [6.45, 7) is -1.68. The molecule has 0 amide bonds. The van der Waals surface area contributed by atoms with E-state index in [1.54, 1.807) is 0 Å². The summed E-state index contributed by atoms with van der Waals surface area (Å²) in [6, 6.07) is 2.17. The fourth-order valence-corrected chi connectivity index (χ4v) is 1.18. The Balaban J connectivity index is 2.96. The van der Waals surface area contributed by atoms with Crippen molar-refractivity contribution in [1.29, 1.82) is 0 Å². The Morgan fingerprint density at radius 2 is 2.05 bits per heavy atom. The first kappa shape index (κ1) is 15.7. The minimum atomic E-state index is -4.41. The number of carbonyl (C=O) groups is 1. The molecule has 1 rings (SSSR count). The van der Waals surface area contributed by atoms with E-state index >= 15 is 0 Å². The van der Waals surface area contributed by atoms with Gasteiger partial charge in [-0.05, 0) is 6.07 Å². The highest BCUT2D eigenvalue weighted by Crippen LogP contribution is 2.27. The molecule has 0 aliphatic rings. The Kier molecular flexibility index (Phi) is 4.48. The summed E-state index contributed by atoms with van der Waals surface area (Å²) in [5, 5.41) is 19.3. The van der Waals surface area contributed by atoms with Crippen molar-refractivity contribution in [3.8, 4) is 5.75 Å². The van der Waals surface area contributed by atoms with E-state index in [0.29, 0.717) is 6.07 Å². The van der Waals surface area contributed by atoms with Gasteiger partial charge in [-0.2, -0.15) is 8.78 Å². The molecule has 20 heavy (non-hydrogen) atoms. The molecular formula is C10H7F4NO5. The molecule has 0 saturated heterocycles. The topological polar surface area (TPSA) is 89.7 Å². The molecule has 0 heterocycles. The number of carboxylic acids is 1. The summed E-state index contributed by atoms with van der Waals surface area (Å²) in [6.07, 6.45) is -3.94. The van der Waals surface area contributed by atoms with Gasteiger partial charge in [-0.25, -0.2) is 13.6 Å². The average molecular weight is 297 g/mol. The Hall–Kier alpha value is -2.39. The fourth-order valence-electron chi connectivity index (χ4n) is 1.18. The Morgan fingerprint density at radius 3 is 2.50 bits per heavy atom. The summed E-state index contributed by atoms with van der Waals surface area (Å²) < 4.78 is 53.3. The molecule has 1 aromatic carbocycles. The first-order valence-corrected chi connectivity index (χ1v) is 4.95. The van der Waals surface area contributed by atoms with Crippen molar-refractivity contribution in [2.24, 2.45) is 0 Å². The lowest BCUT2D eigenvalue weighted by atomic mass is 10.1. The zero-order chi connectivity index (χ0) is 15.5. The maximum absolute atomic E-state index is 12.6. The Morgan fingerprint density at radius 1 is 1.45 bits per heavy atom. The maximum Gasteiger partial charge on any atom is 0.342 e. The van der Waals surface area contributed by atoms with Crippen LogP contribution in [0.15, 0.2) is 18.2 Å². The van der Waals surface area contributed by atoms with Gasteiger partial charge in [0.05, 0.1) is 4.92 Å². The second-order valence-electron chi connectivity index (χ2n) is 3.59. The van der Waals surface area contributed by atoms with Crippen molar-refractivity contribution in [2.75, 3.05) is 6.61 Å². The number of aromatic carboxylic acids is 1. The molecule has 6 nitrogen and oxygen atoms in total. The second kappa shape index (κ2) is 5.72. The van der Waals surface area contributed by atoms with Gasteiger partial charge in [0.15, 0.2) is 6.61 Å². The zero-order valence-corrected chi connectivity index (χ0v) is 9.56. The molecule has 0 aromatic heterocycles. The monoisotopic (exact) mass is 297 g/mol. The Bertz CT molecular complexity index is 534. The number of rotatable bonds is 6. The fraction of sp³-hybridized carbons (Fsp3) is 0.300. The maximum atomic E-state index is 12.6. The number of halogens is 4. The van der Waals surface area contributed by atoms with Crippen molar-refractivity contribution >= 4 is 11.7 Å². The molecule has 0 bridgehead atoms. The highest BCUT2D eigenvalue weighted by atomic mass is 19.3. The lowest BCUT2D eigenvalue weighted by molar-refractivity contribution is -0.385. The number of nitro groups is 1. The van der Waals surface area contributed by atoms with Crippen molar-refractivity contribution < 1.29 is 37.1 Å². The predicted molar refractivity (Wildman–Crippen MR) is 56.5 cm³/mol. The van der Waals surface area contributed by atoms with E-state index in [9.17, 15) is 32.5 Å². The van der Waals surface area contributed by atoms with Crippen LogP contribution in [0.5, 0.6) is 5.75 Å². The van der Waals surface area contributed by atoms with Crippen LogP contribution in [0.25, 0.3) is 0 Å². The minimum Gasteiger partial charge on any atom is -0.487 e. The highest BCUT2D eigenvalue weighted by molar-refractivity contribution is 5.92. The van der Waals surface area contributed by atoms with Gasteiger partial charge in [0, 0.05) is 12.1 Å². The predicted octanol–water partition coefficient (Wildman–Crippen LogP) is 2.57. The van der Waals surface area contributed by atoms with Crippen LogP contribution in [0.1, 0.15) is 10.4 Å². The van der Waals surface area contributed by atoms with Crippen molar-refractivity contribution in [3.05, 3.63) is 33.9 Å². The van der Waals surface area contributed by atoms with Crippen molar-refractivity contribution in [1.82, 2.24) is 0 Å². The Labute approximate surface area is 108 Å². The van der Waals surface area contributed by atoms with Gasteiger partial charge in [0.1, 0.15) is 11.3 Å². The SMILES string of the molecule is O=C(O)c1cc(OCC(F)(F)C(F)F)ccc1[N+](=O)[O-]. The van der Waals surface area contributed by atoms with Gasteiger partial charge in [-0.15, -0.1) is 0 Å². The van der Waals surface area contributed by atoms with E-state index < -0.39 is 46.8 Å². The largest absolute Gasteiger partial charge is 0.487 e. The minimum absolute atomic E-state index is 0.492. The number of alkyl halides is 4. The van der Waals surface area contributed by atoms with E-state index in [-0.39, 0.29) is 0 Å². The molecule has 10 heteroatoms. The van der Waals surface area contributed by atoms with Gasteiger partial charge >= 0.3 is 18.3 Å². The number of nitro benzene ring substituents is 1. The number of hydrogen-bond acceptors (Lipinski definition) is 4. The third kappa shape index (κ3) is 3.56. The number of nitrogens with zero attached hydrogens (tertiary/aromatic N) is 1. The van der Waals surface area contributed by atoms with Gasteiger partial charge < -0.3 is 9.84 Å². The third-order valence-electron chi connectivity index (χ3n) is 2.15. The first-order chi connectivity index (χ1) is 9.15. The summed E-state index contributed by atoms with van der Waals surface area (Å²) >= 11 is 0. The van der Waals surface area contributed by atoms with Crippen molar-refractivity contribution in [2.45, 2.75) is 12.3 Å². The smallest absolute Gasteiger partial charge is 0.342 e. The summed E-state index contributed by atoms with van der Waals surface area (Å²) in [4.78, 5) is 20.3. The molecule has 0 fully saturated rings. The van der Waals surface area contributed by atoms with Crippen LogP contribution in [0.3, 0.4) is 0 Å². The van der Waals surface area contributed by atoms with Crippen LogP contribution in [-0.4, -0.2) is 35.0 Å². The number of carboxylic acid groups (broad SMARTS) is 1. The third-order valence-corrected chi connectivity index (χ3v) is 2.15. The molecule has 1 N–H and O–H groups in total. The van der Waals surface area contributed by atoms with Crippen LogP contribution >= 0.6 is 0 Å². The zero-order valence-electron chi connectivity index (χ0n) is 9.56. The van der Waals surface area contributed by atoms with E-state index in [1.807, 2.05) is 0 Å². The molecule has 110 valence electrons.